The number of amides is 1. The summed E-state index contributed by atoms with van der Waals surface area (Å²) in [5.74, 6) is 1.05. The minimum atomic E-state index is -0.222. The first kappa shape index (κ1) is 16.0. The Kier molecular flexibility index (Phi) is 5.08. The van der Waals surface area contributed by atoms with Crippen LogP contribution in [-0.4, -0.2) is 24.6 Å². The zero-order valence-electron chi connectivity index (χ0n) is 13.1. The summed E-state index contributed by atoms with van der Waals surface area (Å²) in [6, 6.07) is 14.7. The lowest BCUT2D eigenvalue weighted by Gasteiger charge is -2.09. The lowest BCUT2D eigenvalue weighted by molar-refractivity contribution is -0.118. The van der Waals surface area contributed by atoms with Crippen LogP contribution in [0, 0.1) is 0 Å². The quantitative estimate of drug-likeness (QED) is 0.741. The first-order valence-corrected chi connectivity index (χ1v) is 8.19. The molecule has 6 heteroatoms. The molecule has 0 atom stereocenters. The van der Waals surface area contributed by atoms with Crippen molar-refractivity contribution in [1.82, 2.24) is 4.98 Å². The van der Waals surface area contributed by atoms with Crippen LogP contribution in [0.3, 0.4) is 0 Å². The van der Waals surface area contributed by atoms with Gasteiger partial charge in [0.1, 0.15) is 16.5 Å². The molecule has 2 aromatic carbocycles. The predicted molar refractivity (Wildman–Crippen MR) is 94.7 cm³/mol. The largest absolute Gasteiger partial charge is 0.497 e. The summed E-state index contributed by atoms with van der Waals surface area (Å²) in [6.07, 6.45) is 1.77. The van der Waals surface area contributed by atoms with Gasteiger partial charge in [-0.25, -0.2) is 4.98 Å². The van der Waals surface area contributed by atoms with Gasteiger partial charge in [0, 0.05) is 28.9 Å². The molecular weight excluding hydrogens is 324 g/mol. The number of methoxy groups -OCH3 is 1. The number of nitrogens with one attached hydrogen (secondary N) is 1. The van der Waals surface area contributed by atoms with E-state index >= 15 is 0 Å². The van der Waals surface area contributed by atoms with Crippen molar-refractivity contribution >= 4 is 22.9 Å². The molecule has 1 amide bonds. The fraction of sp³-hybridized carbons (Fsp3) is 0.111. The third-order valence-electron chi connectivity index (χ3n) is 3.26. The Hall–Kier alpha value is -2.86. The smallest absolute Gasteiger partial charge is 0.262 e. The van der Waals surface area contributed by atoms with Gasteiger partial charge in [0.2, 0.25) is 0 Å². The van der Waals surface area contributed by atoms with Crippen molar-refractivity contribution in [3.05, 3.63) is 60.1 Å². The molecule has 5 nitrogen and oxygen atoms in total. The monoisotopic (exact) mass is 340 g/mol. The van der Waals surface area contributed by atoms with Crippen LogP contribution in [0.15, 0.2) is 60.1 Å². The van der Waals surface area contributed by atoms with Crippen molar-refractivity contribution in [2.75, 3.05) is 19.0 Å². The van der Waals surface area contributed by atoms with E-state index in [0.717, 1.165) is 16.3 Å². The highest BCUT2D eigenvalue weighted by Gasteiger charge is 2.06. The van der Waals surface area contributed by atoms with Crippen molar-refractivity contribution in [3.63, 3.8) is 0 Å². The second kappa shape index (κ2) is 7.61. The molecule has 0 aliphatic heterocycles. The highest BCUT2D eigenvalue weighted by atomic mass is 32.1. The third kappa shape index (κ3) is 4.11. The van der Waals surface area contributed by atoms with Gasteiger partial charge < -0.3 is 14.8 Å². The van der Waals surface area contributed by atoms with Crippen LogP contribution in [0.4, 0.5) is 5.69 Å². The van der Waals surface area contributed by atoms with E-state index in [1.807, 2.05) is 41.8 Å². The molecule has 0 radical (unpaired) electrons. The molecule has 0 aliphatic rings. The van der Waals surface area contributed by atoms with Crippen LogP contribution < -0.4 is 14.8 Å². The summed E-state index contributed by atoms with van der Waals surface area (Å²) in [5, 5.41) is 5.69. The van der Waals surface area contributed by atoms with Crippen LogP contribution in [0.5, 0.6) is 11.5 Å². The molecule has 3 aromatic rings. The number of thiazole rings is 1. The SMILES string of the molecule is COc1cccc(OCC(=O)Nc2ccc(-c3nccs3)cc2)c1. The van der Waals surface area contributed by atoms with Crippen molar-refractivity contribution in [3.8, 4) is 22.1 Å². The summed E-state index contributed by atoms with van der Waals surface area (Å²) >= 11 is 1.58. The van der Waals surface area contributed by atoms with E-state index in [-0.39, 0.29) is 12.5 Å². The summed E-state index contributed by atoms with van der Waals surface area (Å²) in [7, 11) is 1.58. The molecule has 0 aliphatic carbocycles. The van der Waals surface area contributed by atoms with E-state index in [4.69, 9.17) is 9.47 Å². The van der Waals surface area contributed by atoms with Crippen LogP contribution >= 0.6 is 11.3 Å². The van der Waals surface area contributed by atoms with E-state index in [1.54, 1.807) is 36.8 Å². The second-order valence-corrected chi connectivity index (χ2v) is 5.83. The van der Waals surface area contributed by atoms with Crippen LogP contribution in [-0.2, 0) is 4.79 Å². The molecular formula is C18H16N2O3S. The molecule has 0 spiro atoms. The van der Waals surface area contributed by atoms with Gasteiger partial charge in [-0.3, -0.25) is 4.79 Å². The molecule has 0 fully saturated rings. The van der Waals surface area contributed by atoms with Crippen molar-refractivity contribution in [2.45, 2.75) is 0 Å². The molecule has 1 heterocycles. The van der Waals surface area contributed by atoms with E-state index in [9.17, 15) is 4.79 Å². The number of rotatable bonds is 6. The maximum Gasteiger partial charge on any atom is 0.262 e. The first-order valence-electron chi connectivity index (χ1n) is 7.31. The predicted octanol–water partition coefficient (Wildman–Crippen LogP) is 3.84. The Balaban J connectivity index is 1.54. The lowest BCUT2D eigenvalue weighted by Crippen LogP contribution is -2.20. The highest BCUT2D eigenvalue weighted by Crippen LogP contribution is 2.23. The van der Waals surface area contributed by atoms with Crippen molar-refractivity contribution < 1.29 is 14.3 Å². The van der Waals surface area contributed by atoms with Gasteiger partial charge in [-0.2, -0.15) is 0 Å². The van der Waals surface area contributed by atoms with E-state index < -0.39 is 0 Å². The van der Waals surface area contributed by atoms with Gasteiger partial charge in [0.15, 0.2) is 6.61 Å². The number of hydrogen-bond donors (Lipinski definition) is 1. The highest BCUT2D eigenvalue weighted by molar-refractivity contribution is 7.13. The third-order valence-corrected chi connectivity index (χ3v) is 4.08. The summed E-state index contributed by atoms with van der Waals surface area (Å²) in [5.41, 5.74) is 1.74. The van der Waals surface area contributed by atoms with E-state index in [0.29, 0.717) is 11.5 Å². The minimum Gasteiger partial charge on any atom is -0.497 e. The number of hydrogen-bond acceptors (Lipinski definition) is 5. The van der Waals surface area contributed by atoms with Gasteiger partial charge in [0.25, 0.3) is 5.91 Å². The average molecular weight is 340 g/mol. The Bertz CT molecular complexity index is 801. The Morgan fingerprint density at radius 3 is 2.67 bits per heavy atom. The molecule has 0 bridgehead atoms. The zero-order valence-corrected chi connectivity index (χ0v) is 13.9. The summed E-state index contributed by atoms with van der Waals surface area (Å²) in [6.45, 7) is -0.0681. The second-order valence-electron chi connectivity index (χ2n) is 4.93. The van der Waals surface area contributed by atoms with Gasteiger partial charge in [-0.1, -0.05) is 6.07 Å². The molecule has 122 valence electrons. The van der Waals surface area contributed by atoms with Crippen LogP contribution in [0.1, 0.15) is 0 Å². The Labute approximate surface area is 143 Å². The van der Waals surface area contributed by atoms with Crippen LogP contribution in [0.2, 0.25) is 0 Å². The zero-order chi connectivity index (χ0) is 16.8. The van der Waals surface area contributed by atoms with E-state index in [1.165, 1.54) is 0 Å². The van der Waals surface area contributed by atoms with Gasteiger partial charge in [-0.15, -0.1) is 11.3 Å². The van der Waals surface area contributed by atoms with Crippen molar-refractivity contribution in [1.29, 1.82) is 0 Å². The standard InChI is InChI=1S/C18H16N2O3S/c1-22-15-3-2-4-16(11-15)23-12-17(21)20-14-7-5-13(6-8-14)18-19-9-10-24-18/h2-11H,12H2,1H3,(H,20,21). The number of aromatic nitrogens is 1. The molecule has 3 rings (SSSR count). The topological polar surface area (TPSA) is 60.5 Å². The number of anilines is 1. The number of ether oxygens (including phenoxy) is 2. The molecule has 0 unspecified atom stereocenters. The molecule has 1 N–H and O–H groups in total. The average Bonchev–Trinajstić information content (AvgIpc) is 3.15. The first-order chi connectivity index (χ1) is 11.7. The number of carbonyl (C=O) groups is 1. The number of benzene rings is 2. The number of carbonyl (C=O) groups excluding carboxylic acids is 1. The summed E-state index contributed by atoms with van der Waals surface area (Å²) in [4.78, 5) is 16.2. The normalized spacial score (nSPS) is 10.2. The summed E-state index contributed by atoms with van der Waals surface area (Å²) < 4.78 is 10.6. The molecule has 0 saturated carbocycles. The maximum absolute atomic E-state index is 12.0. The molecule has 24 heavy (non-hydrogen) atoms. The fourth-order valence-electron chi connectivity index (χ4n) is 2.10. The Morgan fingerprint density at radius 1 is 1.17 bits per heavy atom. The van der Waals surface area contributed by atoms with Gasteiger partial charge in [-0.05, 0) is 36.4 Å². The molecule has 0 saturated heterocycles. The minimum absolute atomic E-state index is 0.0681. The van der Waals surface area contributed by atoms with Crippen LogP contribution in [0.25, 0.3) is 10.6 Å². The maximum atomic E-state index is 12.0. The lowest BCUT2D eigenvalue weighted by atomic mass is 10.2. The Morgan fingerprint density at radius 2 is 1.96 bits per heavy atom. The van der Waals surface area contributed by atoms with E-state index in [2.05, 4.69) is 10.3 Å². The van der Waals surface area contributed by atoms with Crippen molar-refractivity contribution in [2.24, 2.45) is 0 Å². The van der Waals surface area contributed by atoms with Gasteiger partial charge >= 0.3 is 0 Å². The molecule has 1 aromatic heterocycles. The number of nitrogens with zero attached hydrogens (tertiary/aromatic N) is 1. The fourth-order valence-corrected chi connectivity index (χ4v) is 2.74. The van der Waals surface area contributed by atoms with Gasteiger partial charge in [0.05, 0.1) is 7.11 Å².